The highest BCUT2D eigenvalue weighted by Crippen LogP contribution is 2.34. The summed E-state index contributed by atoms with van der Waals surface area (Å²) in [5, 5.41) is 13.0. The number of nitrogens with one attached hydrogen (secondary N) is 1. The Bertz CT molecular complexity index is 852. The highest BCUT2D eigenvalue weighted by molar-refractivity contribution is 5.85. The molecule has 0 saturated carbocycles. The third-order valence-electron chi connectivity index (χ3n) is 7.04. The van der Waals surface area contributed by atoms with Crippen molar-refractivity contribution < 1.29 is 19.4 Å². The first-order valence-corrected chi connectivity index (χ1v) is 14.1. The molecule has 6 heteroatoms. The normalized spacial score (nSPS) is 14.8. The van der Waals surface area contributed by atoms with Crippen LogP contribution in [-0.2, 0) is 21.4 Å². The van der Waals surface area contributed by atoms with Crippen LogP contribution in [-0.4, -0.2) is 42.1 Å². The van der Waals surface area contributed by atoms with Gasteiger partial charge in [0, 0.05) is 18.0 Å². The van der Waals surface area contributed by atoms with Crippen LogP contribution in [0.3, 0.4) is 0 Å². The summed E-state index contributed by atoms with van der Waals surface area (Å²) in [5.74, 6) is 1.30. The summed E-state index contributed by atoms with van der Waals surface area (Å²) >= 11 is 0. The van der Waals surface area contributed by atoms with Crippen molar-refractivity contribution in [2.45, 2.75) is 118 Å². The molecule has 1 aromatic carbocycles. The van der Waals surface area contributed by atoms with Gasteiger partial charge in [-0.15, -0.1) is 0 Å². The van der Waals surface area contributed by atoms with Gasteiger partial charge in [-0.25, -0.2) is 0 Å². The van der Waals surface area contributed by atoms with Gasteiger partial charge >= 0.3 is 0 Å². The molecule has 0 unspecified atom stereocenters. The molecule has 0 aromatic heterocycles. The van der Waals surface area contributed by atoms with Crippen LogP contribution in [0, 0.1) is 17.3 Å². The minimum Gasteiger partial charge on any atom is -0.486 e. The number of carbonyl (C=O) groups is 2. The number of hydrogen-bond donors (Lipinski definition) is 3. The summed E-state index contributed by atoms with van der Waals surface area (Å²) in [5.41, 5.74) is 8.16. The first kappa shape index (κ1) is 33.1. The molecule has 0 saturated heterocycles. The molecule has 0 bridgehead atoms. The Morgan fingerprint density at radius 2 is 1.73 bits per heavy atom. The van der Waals surface area contributed by atoms with Gasteiger partial charge in [-0.05, 0) is 66.5 Å². The van der Waals surface area contributed by atoms with Crippen LogP contribution in [0.2, 0.25) is 0 Å². The van der Waals surface area contributed by atoms with Crippen LogP contribution in [0.1, 0.15) is 106 Å². The highest BCUT2D eigenvalue weighted by atomic mass is 16.5. The third-order valence-corrected chi connectivity index (χ3v) is 7.04. The molecule has 37 heavy (non-hydrogen) atoms. The van der Waals surface area contributed by atoms with Crippen molar-refractivity contribution in [3.8, 4) is 5.75 Å². The van der Waals surface area contributed by atoms with E-state index in [1.54, 1.807) is 0 Å². The second-order valence-electron chi connectivity index (χ2n) is 13.0. The topological polar surface area (TPSA) is 102 Å². The van der Waals surface area contributed by atoms with Crippen LogP contribution in [0.25, 0.3) is 0 Å². The smallest absolute Gasteiger partial charge is 0.248 e. The van der Waals surface area contributed by atoms with Crippen LogP contribution < -0.4 is 15.8 Å². The fourth-order valence-electron chi connectivity index (χ4n) is 4.20. The molecule has 0 radical (unpaired) electrons. The van der Waals surface area contributed by atoms with Crippen LogP contribution in [0.5, 0.6) is 5.75 Å². The number of ketones is 1. The molecule has 1 amide bonds. The van der Waals surface area contributed by atoms with Crippen molar-refractivity contribution in [3.63, 3.8) is 0 Å². The van der Waals surface area contributed by atoms with Crippen molar-refractivity contribution in [1.29, 1.82) is 0 Å². The largest absolute Gasteiger partial charge is 0.486 e. The summed E-state index contributed by atoms with van der Waals surface area (Å²) in [6.45, 7) is 19.3. The van der Waals surface area contributed by atoms with Gasteiger partial charge in [0.25, 0.3) is 0 Å². The molecule has 6 nitrogen and oxygen atoms in total. The highest BCUT2D eigenvalue weighted by Gasteiger charge is 2.25. The average molecular weight is 519 g/mol. The quantitative estimate of drug-likeness (QED) is 0.264. The van der Waals surface area contributed by atoms with Gasteiger partial charge in [0.1, 0.15) is 18.5 Å². The maximum absolute atomic E-state index is 12.5. The SMILES string of the molecule is CCCCNC(=O)[C@@H](O)CC[C@H](N)C[C@H](Cc1ccc(C(C)(C)C)c(OCC(=O)C(C)(C)C)c1)C(C)C. The van der Waals surface area contributed by atoms with E-state index in [-0.39, 0.29) is 29.8 Å². The molecule has 1 rings (SSSR count). The van der Waals surface area contributed by atoms with Crippen LogP contribution in [0.15, 0.2) is 18.2 Å². The van der Waals surface area contributed by atoms with E-state index in [0.29, 0.717) is 31.2 Å². The van der Waals surface area contributed by atoms with E-state index in [0.717, 1.165) is 42.6 Å². The molecular weight excluding hydrogens is 464 g/mol. The zero-order valence-corrected chi connectivity index (χ0v) is 24.9. The first-order valence-electron chi connectivity index (χ1n) is 14.1. The number of ether oxygens (including phenoxy) is 1. The fraction of sp³-hybridized carbons (Fsp3) is 0.742. The molecule has 0 aliphatic heterocycles. The maximum atomic E-state index is 12.5. The lowest BCUT2D eigenvalue weighted by Crippen LogP contribution is -2.36. The molecule has 0 fully saturated rings. The molecule has 0 aliphatic carbocycles. The van der Waals surface area contributed by atoms with E-state index in [1.807, 2.05) is 20.8 Å². The molecule has 0 aliphatic rings. The molecule has 1 aromatic rings. The predicted molar refractivity (Wildman–Crippen MR) is 153 cm³/mol. The number of benzene rings is 1. The first-order chi connectivity index (χ1) is 17.1. The van der Waals surface area contributed by atoms with Crippen LogP contribution in [0.4, 0.5) is 0 Å². The van der Waals surface area contributed by atoms with Crippen molar-refractivity contribution in [3.05, 3.63) is 29.3 Å². The zero-order valence-electron chi connectivity index (χ0n) is 24.9. The molecule has 0 spiro atoms. The Morgan fingerprint density at radius 3 is 2.27 bits per heavy atom. The van der Waals surface area contributed by atoms with Crippen molar-refractivity contribution in [2.75, 3.05) is 13.2 Å². The standard InChI is InChI=1S/C31H54N2O4/c1-10-11-16-33-29(36)26(34)15-13-24(32)19-23(21(2)3)17-22-12-14-25(30(4,5)6)27(18-22)37-20-28(35)31(7,8)9/h12,14,18,21,23-24,26,34H,10-11,13,15-17,19-20,32H2,1-9H3,(H,33,36)/t23-,24-,26-/m0/s1. The van der Waals surface area contributed by atoms with Crippen molar-refractivity contribution in [1.82, 2.24) is 5.32 Å². The summed E-state index contributed by atoms with van der Waals surface area (Å²) < 4.78 is 6.10. The van der Waals surface area contributed by atoms with E-state index in [9.17, 15) is 14.7 Å². The molecule has 4 N–H and O–H groups in total. The van der Waals surface area contributed by atoms with E-state index < -0.39 is 11.5 Å². The Labute approximate surface area is 226 Å². The minimum absolute atomic E-state index is 0.0584. The number of aliphatic hydroxyl groups is 1. The molecule has 0 heterocycles. The predicted octanol–water partition coefficient (Wildman–Crippen LogP) is 5.57. The summed E-state index contributed by atoms with van der Waals surface area (Å²) in [6, 6.07) is 6.27. The van der Waals surface area contributed by atoms with E-state index in [1.165, 1.54) is 0 Å². The minimum atomic E-state index is -1.01. The number of aliphatic hydroxyl groups excluding tert-OH is 1. The van der Waals surface area contributed by atoms with Crippen molar-refractivity contribution in [2.24, 2.45) is 23.0 Å². The number of carbonyl (C=O) groups excluding carboxylic acids is 2. The third kappa shape index (κ3) is 12.0. The Morgan fingerprint density at radius 1 is 1.08 bits per heavy atom. The summed E-state index contributed by atoms with van der Waals surface area (Å²) in [6.07, 6.45) is 3.51. The van der Waals surface area contributed by atoms with Crippen LogP contribution >= 0.6 is 0 Å². The second-order valence-corrected chi connectivity index (χ2v) is 13.0. The molecule has 3 atom stereocenters. The average Bonchev–Trinajstić information content (AvgIpc) is 2.79. The number of amides is 1. The fourth-order valence-corrected chi connectivity index (χ4v) is 4.20. The summed E-state index contributed by atoms with van der Waals surface area (Å²) in [4.78, 5) is 24.6. The Balaban J connectivity index is 2.88. The van der Waals surface area contributed by atoms with Gasteiger partial charge in [0.05, 0.1) is 0 Å². The lowest BCUT2D eigenvalue weighted by Gasteiger charge is -2.27. The number of Topliss-reactive ketones (excluding diaryl/α,β-unsaturated/α-hetero) is 1. The van der Waals surface area contributed by atoms with Gasteiger partial charge in [-0.1, -0.05) is 80.9 Å². The van der Waals surface area contributed by atoms with Gasteiger partial charge in [-0.2, -0.15) is 0 Å². The van der Waals surface area contributed by atoms with E-state index in [2.05, 4.69) is 65.1 Å². The molecular formula is C31H54N2O4. The monoisotopic (exact) mass is 518 g/mol. The number of hydrogen-bond acceptors (Lipinski definition) is 5. The van der Waals surface area contributed by atoms with Gasteiger partial charge in [0.15, 0.2) is 5.78 Å². The molecule has 212 valence electrons. The Kier molecular flexibility index (Phi) is 13.3. The number of unbranched alkanes of at least 4 members (excludes halogenated alkanes) is 1. The van der Waals surface area contributed by atoms with Gasteiger partial charge in [-0.3, -0.25) is 9.59 Å². The summed E-state index contributed by atoms with van der Waals surface area (Å²) in [7, 11) is 0. The Hall–Kier alpha value is -1.92. The second kappa shape index (κ2) is 14.9. The maximum Gasteiger partial charge on any atom is 0.248 e. The van der Waals surface area contributed by atoms with Crippen molar-refractivity contribution >= 4 is 11.7 Å². The van der Waals surface area contributed by atoms with Gasteiger partial charge < -0.3 is 20.9 Å². The van der Waals surface area contributed by atoms with E-state index >= 15 is 0 Å². The number of nitrogens with two attached hydrogens (primary N) is 1. The lowest BCUT2D eigenvalue weighted by molar-refractivity contribution is -0.129. The zero-order chi connectivity index (χ0) is 28.4. The van der Waals surface area contributed by atoms with Gasteiger partial charge in [0.2, 0.25) is 5.91 Å². The lowest BCUT2D eigenvalue weighted by atomic mass is 9.81. The number of rotatable bonds is 15. The van der Waals surface area contributed by atoms with E-state index in [4.69, 9.17) is 10.5 Å².